The number of nitrogens with zero attached hydrogens (tertiary/aromatic N) is 4. The number of likely N-dealkylation sites (tertiary alicyclic amines) is 1. The van der Waals surface area contributed by atoms with Crippen LogP contribution >= 0.6 is 0 Å². The van der Waals surface area contributed by atoms with Crippen molar-refractivity contribution in [1.29, 1.82) is 0 Å². The molecule has 7 heteroatoms. The zero-order valence-corrected chi connectivity index (χ0v) is 14.5. The van der Waals surface area contributed by atoms with E-state index < -0.39 is 10.0 Å². The maximum absolute atomic E-state index is 12.4. The largest absolute Gasteiger partial charge is 0.336 e. The molecule has 0 unspecified atom stereocenters. The van der Waals surface area contributed by atoms with Gasteiger partial charge in [-0.2, -0.15) is 0 Å². The first-order valence-corrected chi connectivity index (χ1v) is 9.53. The Kier molecular flexibility index (Phi) is 4.31. The summed E-state index contributed by atoms with van der Waals surface area (Å²) in [5.74, 6) is 0.313. The molecule has 2 heterocycles. The van der Waals surface area contributed by atoms with Gasteiger partial charge in [0.05, 0.1) is 23.3 Å². The van der Waals surface area contributed by atoms with Gasteiger partial charge in [0.25, 0.3) is 0 Å². The maximum Gasteiger partial charge on any atom is 0.216 e. The van der Waals surface area contributed by atoms with Gasteiger partial charge in [-0.3, -0.25) is 4.90 Å². The number of rotatable bonds is 5. The highest BCUT2D eigenvalue weighted by Gasteiger charge is 2.41. The minimum Gasteiger partial charge on any atom is -0.336 e. The number of hydrogen-bond donors (Lipinski definition) is 0. The molecule has 1 aliphatic carbocycles. The standard InChI is InChI=1S/C15H26N4O2S/c1-17-8-4-5-12(15(17)14-9-16-11-18(14)2)10-19(3)22(20,21)13-6-7-13/h9,11-13,15H,4-8,10H2,1-3H3/t12-,15+/m0/s1. The minimum atomic E-state index is -3.09. The van der Waals surface area contributed by atoms with Crippen molar-refractivity contribution in [3.63, 3.8) is 0 Å². The number of hydrogen-bond acceptors (Lipinski definition) is 4. The number of imidazole rings is 1. The molecule has 124 valence electrons. The fraction of sp³-hybridized carbons (Fsp3) is 0.800. The van der Waals surface area contributed by atoms with Gasteiger partial charge < -0.3 is 4.57 Å². The van der Waals surface area contributed by atoms with Gasteiger partial charge in [0.15, 0.2) is 0 Å². The lowest BCUT2D eigenvalue weighted by atomic mass is 9.87. The van der Waals surface area contributed by atoms with E-state index >= 15 is 0 Å². The van der Waals surface area contributed by atoms with Gasteiger partial charge in [-0.1, -0.05) is 0 Å². The van der Waals surface area contributed by atoms with Crippen molar-refractivity contribution in [1.82, 2.24) is 18.8 Å². The summed E-state index contributed by atoms with van der Waals surface area (Å²) in [6.45, 7) is 1.64. The molecule has 3 rings (SSSR count). The van der Waals surface area contributed by atoms with E-state index in [0.29, 0.717) is 12.5 Å². The molecule has 2 atom stereocenters. The Hall–Kier alpha value is -0.920. The molecule has 0 N–H and O–H groups in total. The summed E-state index contributed by atoms with van der Waals surface area (Å²) in [6, 6.07) is 0.234. The SMILES string of the molecule is CN1CCC[C@@H](CN(C)S(=O)(=O)C2CC2)[C@@H]1c1cncn1C. The van der Waals surface area contributed by atoms with Gasteiger partial charge in [-0.15, -0.1) is 0 Å². The van der Waals surface area contributed by atoms with Crippen molar-refractivity contribution in [2.75, 3.05) is 27.2 Å². The second kappa shape index (κ2) is 5.94. The quantitative estimate of drug-likeness (QED) is 0.816. The molecular formula is C15H26N4O2S. The maximum atomic E-state index is 12.4. The topological polar surface area (TPSA) is 58.4 Å². The summed E-state index contributed by atoms with van der Waals surface area (Å²) >= 11 is 0. The Labute approximate surface area is 133 Å². The van der Waals surface area contributed by atoms with Crippen molar-refractivity contribution < 1.29 is 8.42 Å². The molecule has 0 aromatic carbocycles. The van der Waals surface area contributed by atoms with E-state index in [1.54, 1.807) is 11.4 Å². The lowest BCUT2D eigenvalue weighted by molar-refractivity contribution is 0.104. The van der Waals surface area contributed by atoms with Crippen molar-refractivity contribution in [2.45, 2.75) is 37.0 Å². The molecule has 0 radical (unpaired) electrons. The van der Waals surface area contributed by atoms with Crippen LogP contribution in [-0.2, 0) is 17.1 Å². The number of piperidine rings is 1. The first-order chi connectivity index (χ1) is 10.4. The average Bonchev–Trinajstić information content (AvgIpc) is 3.24. The first kappa shape index (κ1) is 16.0. The van der Waals surface area contributed by atoms with E-state index in [0.717, 1.165) is 32.2 Å². The Morgan fingerprint density at radius 1 is 1.32 bits per heavy atom. The zero-order chi connectivity index (χ0) is 15.9. The molecule has 1 aliphatic heterocycles. The molecule has 2 aliphatic rings. The first-order valence-electron chi connectivity index (χ1n) is 8.03. The van der Waals surface area contributed by atoms with Gasteiger partial charge in [0.1, 0.15) is 0 Å². The monoisotopic (exact) mass is 326 g/mol. The van der Waals surface area contributed by atoms with Crippen LogP contribution in [0.4, 0.5) is 0 Å². The Morgan fingerprint density at radius 3 is 2.64 bits per heavy atom. The van der Waals surface area contributed by atoms with Crippen LogP contribution in [0.2, 0.25) is 0 Å². The Bertz CT molecular complexity index is 623. The molecule has 1 saturated carbocycles. The van der Waals surface area contributed by atoms with Gasteiger partial charge in [0, 0.05) is 26.8 Å². The zero-order valence-electron chi connectivity index (χ0n) is 13.6. The van der Waals surface area contributed by atoms with E-state index in [2.05, 4.69) is 21.5 Å². The van der Waals surface area contributed by atoms with E-state index in [9.17, 15) is 8.42 Å². The lowest BCUT2D eigenvalue weighted by Crippen LogP contribution is -2.43. The van der Waals surface area contributed by atoms with Crippen molar-refractivity contribution in [2.24, 2.45) is 13.0 Å². The van der Waals surface area contributed by atoms with Crippen molar-refractivity contribution in [3.8, 4) is 0 Å². The van der Waals surface area contributed by atoms with Gasteiger partial charge in [0.2, 0.25) is 10.0 Å². The third-order valence-corrected chi connectivity index (χ3v) is 7.37. The minimum absolute atomic E-state index is 0.131. The highest BCUT2D eigenvalue weighted by atomic mass is 32.2. The molecule has 1 aromatic rings. The van der Waals surface area contributed by atoms with E-state index in [-0.39, 0.29) is 11.3 Å². The van der Waals surface area contributed by atoms with Gasteiger partial charge in [-0.05, 0) is 45.2 Å². The molecule has 22 heavy (non-hydrogen) atoms. The molecule has 0 amide bonds. The van der Waals surface area contributed by atoms with Crippen LogP contribution in [0.1, 0.15) is 37.4 Å². The van der Waals surface area contributed by atoms with Gasteiger partial charge >= 0.3 is 0 Å². The summed E-state index contributed by atoms with van der Waals surface area (Å²) in [7, 11) is 2.78. The third kappa shape index (κ3) is 2.94. The Balaban J connectivity index is 1.79. The summed E-state index contributed by atoms with van der Waals surface area (Å²) in [4.78, 5) is 6.57. The normalized spacial score (nSPS) is 27.5. The molecule has 2 fully saturated rings. The van der Waals surface area contributed by atoms with Crippen LogP contribution < -0.4 is 0 Å². The van der Waals surface area contributed by atoms with Crippen LogP contribution in [0.3, 0.4) is 0 Å². The van der Waals surface area contributed by atoms with E-state index in [4.69, 9.17) is 0 Å². The molecule has 0 spiro atoms. The number of aromatic nitrogens is 2. The molecular weight excluding hydrogens is 300 g/mol. The predicted molar refractivity (Wildman–Crippen MR) is 85.9 cm³/mol. The highest BCUT2D eigenvalue weighted by Crippen LogP contribution is 2.37. The van der Waals surface area contributed by atoms with E-state index in [1.807, 2.05) is 19.6 Å². The van der Waals surface area contributed by atoms with Crippen LogP contribution in [0, 0.1) is 5.92 Å². The fourth-order valence-corrected chi connectivity index (χ4v) is 5.27. The average molecular weight is 326 g/mol. The Morgan fingerprint density at radius 2 is 2.05 bits per heavy atom. The second-order valence-electron chi connectivity index (χ2n) is 6.78. The van der Waals surface area contributed by atoms with Crippen LogP contribution in [0.5, 0.6) is 0 Å². The third-order valence-electron chi connectivity index (χ3n) is 5.04. The van der Waals surface area contributed by atoms with Crippen molar-refractivity contribution in [3.05, 3.63) is 18.2 Å². The second-order valence-corrected chi connectivity index (χ2v) is 9.10. The molecule has 6 nitrogen and oxygen atoms in total. The molecule has 1 saturated heterocycles. The number of sulfonamides is 1. The van der Waals surface area contributed by atoms with Gasteiger partial charge in [-0.25, -0.2) is 17.7 Å². The van der Waals surface area contributed by atoms with Crippen LogP contribution in [0.25, 0.3) is 0 Å². The smallest absolute Gasteiger partial charge is 0.216 e. The lowest BCUT2D eigenvalue weighted by Gasteiger charge is -2.40. The molecule has 1 aromatic heterocycles. The van der Waals surface area contributed by atoms with Crippen molar-refractivity contribution >= 4 is 10.0 Å². The van der Waals surface area contributed by atoms with Crippen LogP contribution in [0.15, 0.2) is 12.5 Å². The predicted octanol–water partition coefficient (Wildman–Crippen LogP) is 1.23. The summed E-state index contributed by atoms with van der Waals surface area (Å²) < 4.78 is 28.5. The fourth-order valence-electron chi connectivity index (χ4n) is 3.63. The van der Waals surface area contributed by atoms with E-state index in [1.165, 1.54) is 5.69 Å². The highest BCUT2D eigenvalue weighted by molar-refractivity contribution is 7.90. The van der Waals surface area contributed by atoms with Crippen LogP contribution in [-0.4, -0.2) is 59.6 Å². The summed E-state index contributed by atoms with van der Waals surface area (Å²) in [5, 5.41) is -0.131. The summed E-state index contributed by atoms with van der Waals surface area (Å²) in [6.07, 6.45) is 7.55. The molecule has 0 bridgehead atoms. The number of aryl methyl sites for hydroxylation is 1. The summed E-state index contributed by atoms with van der Waals surface area (Å²) in [5.41, 5.74) is 1.17.